The number of hydrogen-bond acceptors (Lipinski definition) is 3. The van der Waals surface area contributed by atoms with Gasteiger partial charge in [0.2, 0.25) is 0 Å². The minimum atomic E-state index is -0.729. The van der Waals surface area contributed by atoms with Crippen LogP contribution in [0.15, 0.2) is 36.4 Å². The van der Waals surface area contributed by atoms with Gasteiger partial charge in [-0.15, -0.1) is 0 Å². The Balaban J connectivity index is 2.04. The van der Waals surface area contributed by atoms with Gasteiger partial charge in [-0.3, -0.25) is 0 Å². The smallest absolute Gasteiger partial charge is 0.405 e. The van der Waals surface area contributed by atoms with E-state index in [2.05, 4.69) is 45.0 Å². The SMILES string of the molecule is CCOc1ccc(C)cc1-c1ccc2c(c1)CC(C)(C)C2OC(N)=O. The molecule has 4 heteroatoms. The van der Waals surface area contributed by atoms with E-state index in [1.165, 1.54) is 11.1 Å². The van der Waals surface area contributed by atoms with Crippen molar-refractivity contribution in [1.29, 1.82) is 0 Å². The Kier molecular flexibility index (Phi) is 4.46. The fourth-order valence-corrected chi connectivity index (χ4v) is 3.68. The summed E-state index contributed by atoms with van der Waals surface area (Å²) in [7, 11) is 0. The highest BCUT2D eigenvalue weighted by atomic mass is 16.6. The van der Waals surface area contributed by atoms with E-state index in [0.29, 0.717) is 6.61 Å². The van der Waals surface area contributed by atoms with Gasteiger partial charge in [-0.25, -0.2) is 4.79 Å². The number of ether oxygens (including phenoxy) is 2. The number of carbonyl (C=O) groups excluding carboxylic acids is 1. The average Bonchev–Trinajstić information content (AvgIpc) is 2.78. The molecule has 132 valence electrons. The first-order valence-corrected chi connectivity index (χ1v) is 8.64. The van der Waals surface area contributed by atoms with Gasteiger partial charge in [0, 0.05) is 11.0 Å². The summed E-state index contributed by atoms with van der Waals surface area (Å²) in [5.74, 6) is 0.884. The van der Waals surface area contributed by atoms with Crippen molar-refractivity contribution < 1.29 is 14.3 Å². The molecule has 0 bridgehead atoms. The quantitative estimate of drug-likeness (QED) is 0.872. The maximum absolute atomic E-state index is 11.3. The number of primary amides is 1. The monoisotopic (exact) mass is 339 g/mol. The molecule has 2 aromatic carbocycles. The average molecular weight is 339 g/mol. The molecule has 1 aliphatic carbocycles. The van der Waals surface area contributed by atoms with Crippen LogP contribution in [0.1, 0.15) is 43.6 Å². The summed E-state index contributed by atoms with van der Waals surface area (Å²) in [5.41, 5.74) is 10.7. The molecule has 0 aromatic heterocycles. The molecule has 0 spiro atoms. The minimum Gasteiger partial charge on any atom is -0.493 e. The third-order valence-electron chi connectivity index (χ3n) is 4.76. The maximum Gasteiger partial charge on any atom is 0.405 e. The van der Waals surface area contributed by atoms with Gasteiger partial charge in [0.25, 0.3) is 0 Å². The Morgan fingerprint density at radius 3 is 2.68 bits per heavy atom. The number of nitrogens with two attached hydrogens (primary N) is 1. The van der Waals surface area contributed by atoms with E-state index in [9.17, 15) is 4.79 Å². The second-order valence-electron chi connectivity index (χ2n) is 7.33. The lowest BCUT2D eigenvalue weighted by Crippen LogP contribution is -2.25. The van der Waals surface area contributed by atoms with Crippen molar-refractivity contribution in [3.05, 3.63) is 53.1 Å². The van der Waals surface area contributed by atoms with Gasteiger partial charge >= 0.3 is 6.09 Å². The fraction of sp³-hybridized carbons (Fsp3) is 0.381. The molecule has 3 rings (SSSR count). The van der Waals surface area contributed by atoms with E-state index < -0.39 is 6.09 Å². The maximum atomic E-state index is 11.3. The van der Waals surface area contributed by atoms with E-state index in [1.54, 1.807) is 0 Å². The molecule has 1 atom stereocenters. The lowest BCUT2D eigenvalue weighted by atomic mass is 9.87. The highest BCUT2D eigenvalue weighted by molar-refractivity contribution is 5.73. The first-order valence-electron chi connectivity index (χ1n) is 8.64. The van der Waals surface area contributed by atoms with Crippen molar-refractivity contribution in [2.24, 2.45) is 11.1 Å². The van der Waals surface area contributed by atoms with Crippen LogP contribution in [-0.2, 0) is 11.2 Å². The molecule has 0 fully saturated rings. The van der Waals surface area contributed by atoms with Gasteiger partial charge in [0.15, 0.2) is 0 Å². The Morgan fingerprint density at radius 2 is 2.00 bits per heavy atom. The Labute approximate surface area is 148 Å². The number of benzene rings is 2. The van der Waals surface area contributed by atoms with Crippen molar-refractivity contribution in [1.82, 2.24) is 0 Å². The summed E-state index contributed by atoms with van der Waals surface area (Å²) >= 11 is 0. The molecule has 4 nitrogen and oxygen atoms in total. The van der Waals surface area contributed by atoms with Gasteiger partial charge in [0.1, 0.15) is 11.9 Å². The molecular formula is C21H25NO3. The zero-order valence-electron chi connectivity index (χ0n) is 15.3. The molecule has 0 saturated carbocycles. The predicted molar refractivity (Wildman–Crippen MR) is 98.7 cm³/mol. The van der Waals surface area contributed by atoms with Crippen LogP contribution in [0.4, 0.5) is 4.79 Å². The van der Waals surface area contributed by atoms with E-state index in [0.717, 1.165) is 28.9 Å². The molecule has 2 aromatic rings. The van der Waals surface area contributed by atoms with Crippen molar-refractivity contribution in [2.75, 3.05) is 6.61 Å². The number of hydrogen-bond donors (Lipinski definition) is 1. The first-order chi connectivity index (χ1) is 11.8. The molecule has 0 heterocycles. The van der Waals surface area contributed by atoms with Crippen LogP contribution in [0.25, 0.3) is 11.1 Å². The number of rotatable bonds is 4. The van der Waals surface area contributed by atoms with Crippen molar-refractivity contribution >= 4 is 6.09 Å². The first kappa shape index (κ1) is 17.3. The zero-order valence-corrected chi connectivity index (χ0v) is 15.3. The predicted octanol–water partition coefficient (Wildman–Crippen LogP) is 4.78. The molecule has 1 unspecified atom stereocenters. The summed E-state index contributed by atoms with van der Waals surface area (Å²) in [6.45, 7) is 8.88. The Morgan fingerprint density at radius 1 is 1.24 bits per heavy atom. The summed E-state index contributed by atoms with van der Waals surface area (Å²) in [6.07, 6.45) is -0.200. The summed E-state index contributed by atoms with van der Waals surface area (Å²) in [6, 6.07) is 12.5. The summed E-state index contributed by atoms with van der Waals surface area (Å²) < 4.78 is 11.2. The molecule has 0 saturated heterocycles. The van der Waals surface area contributed by atoms with E-state index in [1.807, 2.05) is 19.1 Å². The number of fused-ring (bicyclic) bond motifs is 1. The van der Waals surface area contributed by atoms with Gasteiger partial charge < -0.3 is 15.2 Å². The highest BCUT2D eigenvalue weighted by Gasteiger charge is 2.41. The highest BCUT2D eigenvalue weighted by Crippen LogP contribution is 2.48. The number of aryl methyl sites for hydroxylation is 1. The van der Waals surface area contributed by atoms with Gasteiger partial charge in [-0.2, -0.15) is 0 Å². The third-order valence-corrected chi connectivity index (χ3v) is 4.76. The van der Waals surface area contributed by atoms with Crippen LogP contribution in [0, 0.1) is 12.3 Å². The molecular weight excluding hydrogens is 314 g/mol. The molecule has 1 amide bonds. The van der Waals surface area contributed by atoms with Crippen LogP contribution < -0.4 is 10.5 Å². The standard InChI is InChI=1S/C21H25NO3/c1-5-24-18-9-6-13(2)10-17(18)14-7-8-16-15(11-14)12-21(3,4)19(16)25-20(22)23/h6-11,19H,5,12H2,1-4H3,(H2,22,23). The molecule has 0 aliphatic heterocycles. The number of carbonyl (C=O) groups is 1. The van der Waals surface area contributed by atoms with E-state index in [4.69, 9.17) is 15.2 Å². The summed E-state index contributed by atoms with van der Waals surface area (Å²) in [5, 5.41) is 0. The fourth-order valence-electron chi connectivity index (χ4n) is 3.68. The van der Waals surface area contributed by atoms with E-state index in [-0.39, 0.29) is 11.5 Å². The van der Waals surface area contributed by atoms with Crippen molar-refractivity contribution in [2.45, 2.75) is 40.2 Å². The van der Waals surface area contributed by atoms with Crippen LogP contribution >= 0.6 is 0 Å². The molecule has 0 radical (unpaired) electrons. The number of amides is 1. The van der Waals surface area contributed by atoms with Gasteiger partial charge in [-0.1, -0.05) is 43.7 Å². The second kappa shape index (κ2) is 6.43. The minimum absolute atomic E-state index is 0.175. The van der Waals surface area contributed by atoms with Gasteiger partial charge in [-0.05, 0) is 49.1 Å². The van der Waals surface area contributed by atoms with Crippen molar-refractivity contribution in [3.63, 3.8) is 0 Å². The van der Waals surface area contributed by atoms with Crippen LogP contribution in [0.5, 0.6) is 5.75 Å². The summed E-state index contributed by atoms with van der Waals surface area (Å²) in [4.78, 5) is 11.3. The lowest BCUT2D eigenvalue weighted by Gasteiger charge is -2.26. The van der Waals surface area contributed by atoms with Gasteiger partial charge in [0.05, 0.1) is 6.61 Å². The Hall–Kier alpha value is -2.49. The molecule has 1 aliphatic rings. The van der Waals surface area contributed by atoms with E-state index >= 15 is 0 Å². The lowest BCUT2D eigenvalue weighted by molar-refractivity contribution is 0.0392. The molecule has 25 heavy (non-hydrogen) atoms. The molecule has 2 N–H and O–H groups in total. The van der Waals surface area contributed by atoms with Crippen molar-refractivity contribution in [3.8, 4) is 16.9 Å². The Bertz CT molecular complexity index is 811. The third kappa shape index (κ3) is 3.34. The largest absolute Gasteiger partial charge is 0.493 e. The topological polar surface area (TPSA) is 61.6 Å². The zero-order chi connectivity index (χ0) is 18.2. The second-order valence-corrected chi connectivity index (χ2v) is 7.33. The van der Waals surface area contributed by atoms with Crippen LogP contribution in [0.3, 0.4) is 0 Å². The normalized spacial score (nSPS) is 17.8. The van der Waals surface area contributed by atoms with Crippen LogP contribution in [0.2, 0.25) is 0 Å². The van der Waals surface area contributed by atoms with Crippen LogP contribution in [-0.4, -0.2) is 12.7 Å².